The van der Waals surface area contributed by atoms with Crippen LogP contribution in [-0.4, -0.2) is 34.2 Å². The number of benzene rings is 1. The first-order valence-electron chi connectivity index (χ1n) is 7.49. The van der Waals surface area contributed by atoms with Crippen molar-refractivity contribution in [2.24, 2.45) is 0 Å². The van der Waals surface area contributed by atoms with Crippen LogP contribution in [0.1, 0.15) is 43.1 Å². The van der Waals surface area contributed by atoms with E-state index in [0.29, 0.717) is 5.56 Å². The van der Waals surface area contributed by atoms with E-state index in [-0.39, 0.29) is 17.7 Å². The Morgan fingerprint density at radius 1 is 1.14 bits per heavy atom. The van der Waals surface area contributed by atoms with Gasteiger partial charge in [-0.05, 0) is 32.8 Å². The summed E-state index contributed by atoms with van der Waals surface area (Å²) < 4.78 is 1.94. The lowest BCUT2D eigenvalue weighted by molar-refractivity contribution is -0.133. The van der Waals surface area contributed by atoms with Crippen LogP contribution in [0.4, 0.5) is 0 Å². The molecule has 1 amide bonds. The highest BCUT2D eigenvalue weighted by atomic mass is 16.2. The Balaban J connectivity index is 2.03. The number of fused-ring (bicyclic) bond motifs is 1. The second kappa shape index (κ2) is 5.35. The number of nitrogens with zero attached hydrogens (tertiary/aromatic N) is 2. The highest BCUT2D eigenvalue weighted by Crippen LogP contribution is 2.26. The molecule has 1 aliphatic rings. The number of para-hydroxylation sites is 1. The molecule has 0 unspecified atom stereocenters. The molecule has 1 saturated heterocycles. The zero-order valence-corrected chi connectivity index (χ0v) is 12.5. The van der Waals surface area contributed by atoms with Gasteiger partial charge in [0.2, 0.25) is 5.91 Å². The SMILES string of the molecule is CC(=O)c1cn([C@H](C)C(=O)N2CCCC2)c2ccccc12. The number of likely N-dealkylation sites (tertiary alicyclic amines) is 1. The number of rotatable bonds is 3. The second-order valence-corrected chi connectivity index (χ2v) is 5.73. The molecule has 0 aliphatic carbocycles. The number of amides is 1. The van der Waals surface area contributed by atoms with Gasteiger partial charge in [-0.1, -0.05) is 18.2 Å². The Hall–Kier alpha value is -2.10. The van der Waals surface area contributed by atoms with Gasteiger partial charge in [0.1, 0.15) is 6.04 Å². The third-order valence-electron chi connectivity index (χ3n) is 4.31. The maximum absolute atomic E-state index is 12.6. The lowest BCUT2D eigenvalue weighted by Crippen LogP contribution is -2.33. The van der Waals surface area contributed by atoms with Gasteiger partial charge in [0.05, 0.1) is 0 Å². The number of Topliss-reactive ketones (excluding diaryl/α,β-unsaturated/α-hetero) is 1. The molecule has 110 valence electrons. The molecular formula is C17H20N2O2. The highest BCUT2D eigenvalue weighted by Gasteiger charge is 2.26. The summed E-state index contributed by atoms with van der Waals surface area (Å²) in [6.07, 6.45) is 4.00. The molecule has 0 spiro atoms. The van der Waals surface area contributed by atoms with Gasteiger partial charge in [-0.25, -0.2) is 0 Å². The molecule has 4 heteroatoms. The number of hydrogen-bond acceptors (Lipinski definition) is 2. The average molecular weight is 284 g/mol. The van der Waals surface area contributed by atoms with Crippen LogP contribution in [0.15, 0.2) is 30.5 Å². The summed E-state index contributed by atoms with van der Waals surface area (Å²) in [6.45, 7) is 5.18. The topological polar surface area (TPSA) is 42.3 Å². The first-order valence-corrected chi connectivity index (χ1v) is 7.49. The van der Waals surface area contributed by atoms with Crippen molar-refractivity contribution >= 4 is 22.6 Å². The summed E-state index contributed by atoms with van der Waals surface area (Å²) in [5.74, 6) is 0.175. The maximum Gasteiger partial charge on any atom is 0.245 e. The largest absolute Gasteiger partial charge is 0.341 e. The predicted molar refractivity (Wildman–Crippen MR) is 82.5 cm³/mol. The minimum atomic E-state index is -0.277. The Morgan fingerprint density at radius 3 is 2.48 bits per heavy atom. The van der Waals surface area contributed by atoms with Crippen LogP contribution in [0.2, 0.25) is 0 Å². The Labute approximate surface area is 124 Å². The number of hydrogen-bond donors (Lipinski definition) is 0. The van der Waals surface area contributed by atoms with E-state index in [0.717, 1.165) is 36.8 Å². The number of aromatic nitrogens is 1. The van der Waals surface area contributed by atoms with E-state index in [1.807, 2.05) is 46.9 Å². The molecule has 3 rings (SSSR count). The number of carbonyl (C=O) groups is 2. The fraction of sp³-hybridized carbons (Fsp3) is 0.412. The number of ketones is 1. The first kappa shape index (κ1) is 13.9. The van der Waals surface area contributed by atoms with Crippen LogP contribution in [0, 0.1) is 0 Å². The molecule has 2 aromatic rings. The van der Waals surface area contributed by atoms with Crippen molar-refractivity contribution in [2.75, 3.05) is 13.1 Å². The average Bonchev–Trinajstić information content (AvgIpc) is 3.13. The predicted octanol–water partition coefficient (Wildman–Crippen LogP) is 3.03. The van der Waals surface area contributed by atoms with Gasteiger partial charge in [0.25, 0.3) is 0 Å². The first-order chi connectivity index (χ1) is 10.1. The minimum Gasteiger partial charge on any atom is -0.341 e. The van der Waals surface area contributed by atoms with Crippen LogP contribution in [-0.2, 0) is 4.79 Å². The Bertz CT molecular complexity index is 696. The van der Waals surface area contributed by atoms with Crippen molar-refractivity contribution in [1.29, 1.82) is 0 Å². The van der Waals surface area contributed by atoms with E-state index in [4.69, 9.17) is 0 Å². The van der Waals surface area contributed by atoms with Crippen molar-refractivity contribution in [3.8, 4) is 0 Å². The lowest BCUT2D eigenvalue weighted by atomic mass is 10.1. The molecule has 0 bridgehead atoms. The summed E-state index contributed by atoms with van der Waals surface area (Å²) in [4.78, 5) is 26.3. The monoisotopic (exact) mass is 284 g/mol. The molecule has 2 heterocycles. The van der Waals surface area contributed by atoms with Crippen LogP contribution >= 0.6 is 0 Å². The fourth-order valence-electron chi connectivity index (χ4n) is 3.13. The van der Waals surface area contributed by atoms with Gasteiger partial charge in [-0.3, -0.25) is 9.59 Å². The molecule has 1 fully saturated rings. The summed E-state index contributed by atoms with van der Waals surface area (Å²) in [7, 11) is 0. The van der Waals surface area contributed by atoms with Crippen LogP contribution in [0.25, 0.3) is 10.9 Å². The van der Waals surface area contributed by atoms with Crippen molar-refractivity contribution in [3.05, 3.63) is 36.0 Å². The lowest BCUT2D eigenvalue weighted by Gasteiger charge is -2.22. The Morgan fingerprint density at radius 2 is 1.81 bits per heavy atom. The molecule has 0 saturated carbocycles. The van der Waals surface area contributed by atoms with Crippen molar-refractivity contribution in [1.82, 2.24) is 9.47 Å². The second-order valence-electron chi connectivity index (χ2n) is 5.73. The van der Waals surface area contributed by atoms with E-state index in [1.54, 1.807) is 6.92 Å². The van der Waals surface area contributed by atoms with E-state index in [2.05, 4.69) is 0 Å². The fourth-order valence-corrected chi connectivity index (χ4v) is 3.13. The summed E-state index contributed by atoms with van der Waals surface area (Å²) in [5, 5.41) is 0.922. The summed E-state index contributed by atoms with van der Waals surface area (Å²) in [5.41, 5.74) is 1.63. The van der Waals surface area contributed by atoms with Crippen molar-refractivity contribution in [2.45, 2.75) is 32.7 Å². The van der Waals surface area contributed by atoms with Gasteiger partial charge < -0.3 is 9.47 Å². The normalized spacial score (nSPS) is 16.4. The molecule has 1 aromatic carbocycles. The molecule has 1 aliphatic heterocycles. The van der Waals surface area contributed by atoms with Crippen LogP contribution in [0.3, 0.4) is 0 Å². The summed E-state index contributed by atoms with van der Waals surface area (Å²) >= 11 is 0. The maximum atomic E-state index is 12.6. The highest BCUT2D eigenvalue weighted by molar-refractivity contribution is 6.07. The molecule has 1 atom stereocenters. The van der Waals surface area contributed by atoms with E-state index >= 15 is 0 Å². The zero-order valence-electron chi connectivity index (χ0n) is 12.5. The minimum absolute atomic E-state index is 0.0331. The van der Waals surface area contributed by atoms with E-state index in [9.17, 15) is 9.59 Å². The molecule has 4 nitrogen and oxygen atoms in total. The third-order valence-corrected chi connectivity index (χ3v) is 4.31. The molecule has 1 aromatic heterocycles. The van der Waals surface area contributed by atoms with Crippen LogP contribution < -0.4 is 0 Å². The van der Waals surface area contributed by atoms with E-state index < -0.39 is 0 Å². The van der Waals surface area contributed by atoms with Crippen molar-refractivity contribution in [3.63, 3.8) is 0 Å². The van der Waals surface area contributed by atoms with Gasteiger partial charge >= 0.3 is 0 Å². The van der Waals surface area contributed by atoms with Crippen molar-refractivity contribution < 1.29 is 9.59 Å². The van der Waals surface area contributed by atoms with Gasteiger partial charge in [-0.15, -0.1) is 0 Å². The standard InChI is InChI=1S/C17H20N2O2/c1-12(17(21)18-9-5-6-10-18)19-11-15(13(2)20)14-7-3-4-8-16(14)19/h3-4,7-8,11-12H,5-6,9-10H2,1-2H3/t12-/m1/s1. The molecule has 21 heavy (non-hydrogen) atoms. The third kappa shape index (κ3) is 2.35. The van der Waals surface area contributed by atoms with Crippen LogP contribution in [0.5, 0.6) is 0 Å². The van der Waals surface area contributed by atoms with Gasteiger partial charge in [0, 0.05) is 35.8 Å². The molecular weight excluding hydrogens is 264 g/mol. The number of carbonyl (C=O) groups excluding carboxylic acids is 2. The quantitative estimate of drug-likeness (QED) is 0.813. The summed E-state index contributed by atoms with van der Waals surface area (Å²) in [6, 6.07) is 7.49. The zero-order chi connectivity index (χ0) is 15.0. The Kier molecular flexibility index (Phi) is 3.53. The van der Waals surface area contributed by atoms with E-state index in [1.165, 1.54) is 0 Å². The van der Waals surface area contributed by atoms with Gasteiger partial charge in [-0.2, -0.15) is 0 Å². The molecule has 0 N–H and O–H groups in total. The molecule has 0 radical (unpaired) electrons. The smallest absolute Gasteiger partial charge is 0.245 e. The van der Waals surface area contributed by atoms with Gasteiger partial charge in [0.15, 0.2) is 5.78 Å².